The number of fused-ring (bicyclic) bond motifs is 3. The average molecular weight is 556 g/mol. The fourth-order valence-corrected chi connectivity index (χ4v) is 4.94. The summed E-state index contributed by atoms with van der Waals surface area (Å²) in [5.74, 6) is 3.88. The zero-order chi connectivity index (χ0) is 28.9. The molecule has 4 aromatic carbocycles. The molecule has 0 N–H and O–H groups in total. The van der Waals surface area contributed by atoms with Crippen molar-refractivity contribution in [1.82, 2.24) is 15.0 Å². The molecule has 0 aliphatic carbocycles. The van der Waals surface area contributed by atoms with Crippen LogP contribution in [0, 0.1) is 0 Å². The molecule has 212 valence electrons. The third-order valence-electron chi connectivity index (χ3n) is 6.95. The quantitative estimate of drug-likeness (QED) is 0.137. The smallest absolute Gasteiger partial charge is 0.161 e. The second-order valence-electron chi connectivity index (χ2n) is 9.39. The monoisotopic (exact) mass is 555 g/mol. The molecule has 1 heterocycles. The summed E-state index contributed by atoms with van der Waals surface area (Å²) in [7, 11) is 8.14. The van der Waals surface area contributed by atoms with Gasteiger partial charge in [0.15, 0.2) is 34.5 Å². The number of hydrogen-bond acceptors (Lipinski definition) is 8. The zero-order valence-corrected chi connectivity index (χ0v) is 23.9. The van der Waals surface area contributed by atoms with Crippen LogP contribution < -0.4 is 28.4 Å². The first kappa shape index (κ1) is 27.6. The molecule has 0 amide bonds. The topological polar surface area (TPSA) is 86.1 Å². The zero-order valence-electron chi connectivity index (χ0n) is 23.9. The van der Waals surface area contributed by atoms with Crippen LogP contribution in [0.3, 0.4) is 0 Å². The minimum atomic E-state index is 0.248. The van der Waals surface area contributed by atoms with Gasteiger partial charge in [0.05, 0.1) is 48.3 Å². The molecule has 9 heteroatoms. The summed E-state index contributed by atoms with van der Waals surface area (Å²) >= 11 is 0. The molecule has 41 heavy (non-hydrogen) atoms. The first-order chi connectivity index (χ1) is 20.0. The van der Waals surface area contributed by atoms with Gasteiger partial charge in [0.1, 0.15) is 12.3 Å². The van der Waals surface area contributed by atoms with E-state index in [0.29, 0.717) is 46.7 Å². The Labute approximate surface area is 238 Å². The third kappa shape index (κ3) is 5.56. The van der Waals surface area contributed by atoms with Gasteiger partial charge in [0.25, 0.3) is 0 Å². The summed E-state index contributed by atoms with van der Waals surface area (Å²) < 4.78 is 35.7. The van der Waals surface area contributed by atoms with Crippen molar-refractivity contribution in [2.75, 3.05) is 35.5 Å². The van der Waals surface area contributed by atoms with Gasteiger partial charge in [0, 0.05) is 0 Å². The Balaban J connectivity index is 1.48. The van der Waals surface area contributed by atoms with Gasteiger partial charge in [-0.3, -0.25) is 0 Å². The van der Waals surface area contributed by atoms with Gasteiger partial charge in [0.2, 0.25) is 0 Å². The van der Waals surface area contributed by atoms with Crippen LogP contribution in [0.25, 0.3) is 21.5 Å². The fraction of sp³-hybridized carbons (Fsp3) is 0.250. The lowest BCUT2D eigenvalue weighted by Gasteiger charge is -2.16. The highest BCUT2D eigenvalue weighted by molar-refractivity contribution is 6.11. The Morgan fingerprint density at radius 2 is 1.32 bits per heavy atom. The highest BCUT2D eigenvalue weighted by atomic mass is 16.5. The van der Waals surface area contributed by atoms with E-state index in [9.17, 15) is 0 Å². The van der Waals surface area contributed by atoms with Crippen LogP contribution in [0.1, 0.15) is 16.8 Å². The summed E-state index contributed by atoms with van der Waals surface area (Å²) in [6.07, 6.45) is 4.49. The Morgan fingerprint density at radius 1 is 0.707 bits per heavy atom. The SMILES string of the molecule is C=CCc1ccc(OCc2cn(Cc3cc4cc(OC)c(OC)cc4c4cc(OC)c(OC)cc34)nn2)c(OC)c1. The number of rotatable bonds is 12. The van der Waals surface area contributed by atoms with E-state index in [1.165, 1.54) is 0 Å². The first-order valence-electron chi connectivity index (χ1n) is 13.0. The molecular formula is C32H33N3O6. The summed E-state index contributed by atoms with van der Waals surface area (Å²) in [4.78, 5) is 0. The Morgan fingerprint density at radius 3 is 1.98 bits per heavy atom. The lowest BCUT2D eigenvalue weighted by molar-refractivity contribution is 0.280. The van der Waals surface area contributed by atoms with Crippen molar-refractivity contribution in [3.63, 3.8) is 0 Å². The predicted octanol–water partition coefficient (Wildman–Crippen LogP) is 5.98. The van der Waals surface area contributed by atoms with E-state index < -0.39 is 0 Å². The van der Waals surface area contributed by atoms with Crippen molar-refractivity contribution in [3.05, 3.63) is 84.2 Å². The molecule has 0 fully saturated rings. The summed E-state index contributed by atoms with van der Waals surface area (Å²) in [5.41, 5.74) is 2.82. The molecule has 0 atom stereocenters. The number of ether oxygens (including phenoxy) is 6. The molecule has 0 spiro atoms. The maximum atomic E-state index is 6.02. The predicted molar refractivity (Wildman–Crippen MR) is 158 cm³/mol. The van der Waals surface area contributed by atoms with Gasteiger partial charge >= 0.3 is 0 Å². The number of allylic oxidation sites excluding steroid dienone is 1. The van der Waals surface area contributed by atoms with E-state index in [1.807, 2.05) is 54.7 Å². The van der Waals surface area contributed by atoms with Crippen LogP contribution >= 0.6 is 0 Å². The molecule has 5 aromatic rings. The number of benzene rings is 4. The average Bonchev–Trinajstić information content (AvgIpc) is 3.46. The Kier molecular flexibility index (Phi) is 8.14. The lowest BCUT2D eigenvalue weighted by Crippen LogP contribution is -2.02. The minimum Gasteiger partial charge on any atom is -0.493 e. The van der Waals surface area contributed by atoms with Crippen molar-refractivity contribution < 1.29 is 28.4 Å². The van der Waals surface area contributed by atoms with Crippen molar-refractivity contribution in [3.8, 4) is 34.5 Å². The van der Waals surface area contributed by atoms with Gasteiger partial charge in [-0.1, -0.05) is 17.4 Å². The Hall–Kier alpha value is -4.92. The van der Waals surface area contributed by atoms with Gasteiger partial charge in [-0.2, -0.15) is 0 Å². The molecule has 0 saturated heterocycles. The minimum absolute atomic E-state index is 0.248. The van der Waals surface area contributed by atoms with Gasteiger partial charge < -0.3 is 28.4 Å². The standard InChI is InChI=1S/C32H33N3O6/c1-7-8-20-9-10-27(28(11-20)36-2)41-19-23-18-35(34-33-23)17-22-12-21-13-29(37-3)30(38-4)14-24(21)26-16-32(40-6)31(39-5)15-25(22)26/h7,9-16,18H,1,8,17,19H2,2-6H3. The second-order valence-corrected chi connectivity index (χ2v) is 9.39. The van der Waals surface area contributed by atoms with Gasteiger partial charge in [-0.15, -0.1) is 11.7 Å². The summed E-state index contributed by atoms with van der Waals surface area (Å²) in [6, 6.07) is 15.9. The molecule has 0 aliphatic rings. The summed E-state index contributed by atoms with van der Waals surface area (Å²) in [6.45, 7) is 4.52. The van der Waals surface area contributed by atoms with E-state index in [2.05, 4.69) is 23.0 Å². The molecule has 0 radical (unpaired) electrons. The first-order valence-corrected chi connectivity index (χ1v) is 13.0. The van der Waals surface area contributed by atoms with Crippen molar-refractivity contribution in [2.24, 2.45) is 0 Å². The molecule has 0 aliphatic heterocycles. The van der Waals surface area contributed by atoms with Crippen molar-refractivity contribution in [2.45, 2.75) is 19.6 Å². The van der Waals surface area contributed by atoms with Crippen LogP contribution in [-0.4, -0.2) is 50.5 Å². The molecule has 1 aromatic heterocycles. The lowest BCUT2D eigenvalue weighted by atomic mass is 9.96. The Bertz CT molecular complexity index is 1710. The van der Waals surface area contributed by atoms with Crippen LogP contribution in [0.5, 0.6) is 34.5 Å². The highest BCUT2D eigenvalue weighted by Crippen LogP contribution is 2.41. The number of aromatic nitrogens is 3. The van der Waals surface area contributed by atoms with Crippen LogP contribution in [-0.2, 0) is 19.6 Å². The molecular weight excluding hydrogens is 522 g/mol. The van der Waals surface area contributed by atoms with Crippen LogP contribution in [0.15, 0.2) is 67.4 Å². The highest BCUT2D eigenvalue weighted by Gasteiger charge is 2.16. The molecule has 5 rings (SSSR count). The fourth-order valence-electron chi connectivity index (χ4n) is 4.94. The number of nitrogens with zero attached hydrogens (tertiary/aromatic N) is 3. The van der Waals surface area contributed by atoms with E-state index in [0.717, 1.165) is 39.1 Å². The third-order valence-corrected chi connectivity index (χ3v) is 6.95. The van der Waals surface area contributed by atoms with E-state index in [1.54, 1.807) is 40.2 Å². The normalized spacial score (nSPS) is 11.0. The molecule has 0 bridgehead atoms. The van der Waals surface area contributed by atoms with E-state index in [-0.39, 0.29) is 6.61 Å². The van der Waals surface area contributed by atoms with Crippen molar-refractivity contribution >= 4 is 21.5 Å². The molecule has 0 unspecified atom stereocenters. The largest absolute Gasteiger partial charge is 0.493 e. The summed E-state index contributed by atoms with van der Waals surface area (Å²) in [5, 5.41) is 12.7. The maximum Gasteiger partial charge on any atom is 0.161 e. The number of hydrogen-bond donors (Lipinski definition) is 0. The van der Waals surface area contributed by atoms with Gasteiger partial charge in [-0.05, 0) is 81.6 Å². The second kappa shape index (κ2) is 12.1. The maximum absolute atomic E-state index is 6.02. The number of methoxy groups -OCH3 is 5. The van der Waals surface area contributed by atoms with Crippen LogP contribution in [0.4, 0.5) is 0 Å². The van der Waals surface area contributed by atoms with Crippen LogP contribution in [0.2, 0.25) is 0 Å². The van der Waals surface area contributed by atoms with E-state index in [4.69, 9.17) is 28.4 Å². The van der Waals surface area contributed by atoms with E-state index >= 15 is 0 Å². The molecule has 0 saturated carbocycles. The van der Waals surface area contributed by atoms with Crippen molar-refractivity contribution in [1.29, 1.82) is 0 Å². The molecule has 9 nitrogen and oxygen atoms in total. The van der Waals surface area contributed by atoms with Gasteiger partial charge in [-0.25, -0.2) is 4.68 Å².